The summed E-state index contributed by atoms with van der Waals surface area (Å²) in [5, 5.41) is 4.98. The van der Waals surface area contributed by atoms with Crippen molar-refractivity contribution in [2.24, 2.45) is 4.99 Å². The highest BCUT2D eigenvalue weighted by Crippen LogP contribution is 2.33. The quantitative estimate of drug-likeness (QED) is 0.444. The van der Waals surface area contributed by atoms with Crippen molar-refractivity contribution in [2.45, 2.75) is 19.9 Å². The molecule has 1 amide bonds. The van der Waals surface area contributed by atoms with E-state index >= 15 is 0 Å². The van der Waals surface area contributed by atoms with Crippen LogP contribution in [0.3, 0.4) is 0 Å². The summed E-state index contributed by atoms with van der Waals surface area (Å²) >= 11 is 2.84. The summed E-state index contributed by atoms with van der Waals surface area (Å²) in [6.45, 7) is 3.77. The van der Waals surface area contributed by atoms with E-state index in [-0.39, 0.29) is 11.5 Å². The molecule has 4 aromatic rings. The van der Waals surface area contributed by atoms with E-state index in [9.17, 15) is 9.59 Å². The summed E-state index contributed by atoms with van der Waals surface area (Å²) in [5.74, 6) is 0.490. The summed E-state index contributed by atoms with van der Waals surface area (Å²) in [5.41, 5.74) is 3.49. The van der Waals surface area contributed by atoms with Crippen molar-refractivity contribution in [3.63, 3.8) is 0 Å². The second-order valence-corrected chi connectivity index (χ2v) is 10.1. The minimum atomic E-state index is -0.548. The van der Waals surface area contributed by atoms with Crippen molar-refractivity contribution in [1.82, 2.24) is 4.57 Å². The molecule has 1 aliphatic heterocycles. The number of carbonyl (C=O) groups is 1. The molecule has 0 radical (unpaired) electrons. The number of aromatic nitrogens is 1. The Balaban J connectivity index is 1.62. The first kappa shape index (κ1) is 23.0. The van der Waals surface area contributed by atoms with Crippen LogP contribution in [0.5, 0.6) is 5.75 Å². The predicted molar refractivity (Wildman–Crippen MR) is 141 cm³/mol. The Morgan fingerprint density at radius 2 is 1.86 bits per heavy atom. The van der Waals surface area contributed by atoms with Gasteiger partial charge in [0.25, 0.3) is 11.5 Å². The highest BCUT2D eigenvalue weighted by molar-refractivity contribution is 7.10. The molecule has 0 fully saturated rings. The Kier molecular flexibility index (Phi) is 6.23. The van der Waals surface area contributed by atoms with Crippen LogP contribution in [0.2, 0.25) is 0 Å². The second kappa shape index (κ2) is 9.48. The van der Waals surface area contributed by atoms with Crippen LogP contribution in [-0.2, 0) is 4.79 Å². The lowest BCUT2D eigenvalue weighted by molar-refractivity contribution is -0.113. The van der Waals surface area contributed by atoms with E-state index in [1.54, 1.807) is 11.7 Å². The number of allylic oxidation sites excluding steroid dienone is 1. The molecule has 2 aromatic carbocycles. The molecule has 0 bridgehead atoms. The van der Waals surface area contributed by atoms with E-state index in [2.05, 4.69) is 10.3 Å². The van der Waals surface area contributed by atoms with Crippen molar-refractivity contribution in [3.8, 4) is 5.75 Å². The first-order chi connectivity index (χ1) is 17.0. The van der Waals surface area contributed by atoms with Gasteiger partial charge in [0.2, 0.25) is 0 Å². The lowest BCUT2D eigenvalue weighted by Crippen LogP contribution is -2.40. The van der Waals surface area contributed by atoms with Gasteiger partial charge in [0.1, 0.15) is 11.8 Å². The lowest BCUT2D eigenvalue weighted by Gasteiger charge is -2.24. The van der Waals surface area contributed by atoms with Gasteiger partial charge in [-0.3, -0.25) is 14.2 Å². The fourth-order valence-corrected chi connectivity index (χ4v) is 5.95. The number of hydrogen-bond donors (Lipinski definition) is 1. The average Bonchev–Trinajstić information content (AvgIpc) is 3.49. The summed E-state index contributed by atoms with van der Waals surface area (Å²) in [7, 11) is 1.62. The van der Waals surface area contributed by atoms with Crippen molar-refractivity contribution < 1.29 is 9.53 Å². The number of nitrogens with zero attached hydrogens (tertiary/aromatic N) is 2. The summed E-state index contributed by atoms with van der Waals surface area (Å²) in [6.07, 6.45) is 1.85. The zero-order chi connectivity index (χ0) is 24.5. The maximum Gasteiger partial charge on any atom is 0.271 e. The molecule has 35 heavy (non-hydrogen) atoms. The molecule has 0 saturated carbocycles. The Morgan fingerprint density at radius 1 is 1.09 bits per heavy atom. The van der Waals surface area contributed by atoms with Crippen LogP contribution in [0, 0.1) is 6.92 Å². The third-order valence-corrected chi connectivity index (χ3v) is 7.79. The number of anilines is 1. The fraction of sp³-hybridized carbons (Fsp3) is 0.148. The van der Waals surface area contributed by atoms with Gasteiger partial charge in [-0.25, -0.2) is 4.99 Å². The summed E-state index contributed by atoms with van der Waals surface area (Å²) < 4.78 is 7.43. The minimum absolute atomic E-state index is 0.170. The number of carbonyl (C=O) groups excluding carboxylic acids is 1. The van der Waals surface area contributed by atoms with Gasteiger partial charge in [-0.05, 0) is 60.7 Å². The van der Waals surface area contributed by atoms with Crippen LogP contribution in [0.1, 0.15) is 29.0 Å². The van der Waals surface area contributed by atoms with Gasteiger partial charge in [-0.2, -0.15) is 0 Å². The first-order valence-electron chi connectivity index (χ1n) is 11.0. The standard InChI is InChI=1S/C27H23N3O3S2/c1-16-7-4-5-8-20(16)29-25(31)23-17(2)28-27-30(24(23)21-9-6-14-34-21)26(32)22(35-27)15-18-10-12-19(33-3)13-11-18/h4-15,24H,1-3H3,(H,29,31). The van der Waals surface area contributed by atoms with Gasteiger partial charge in [0, 0.05) is 10.6 Å². The topological polar surface area (TPSA) is 72.7 Å². The average molecular weight is 502 g/mol. The Labute approximate surface area is 210 Å². The van der Waals surface area contributed by atoms with E-state index in [4.69, 9.17) is 4.74 Å². The van der Waals surface area contributed by atoms with Crippen molar-refractivity contribution in [2.75, 3.05) is 12.4 Å². The molecule has 3 heterocycles. The maximum absolute atomic E-state index is 13.6. The van der Waals surface area contributed by atoms with E-state index in [0.717, 1.165) is 27.4 Å². The van der Waals surface area contributed by atoms with Gasteiger partial charge in [-0.1, -0.05) is 47.7 Å². The smallest absolute Gasteiger partial charge is 0.271 e. The number of hydrogen-bond acceptors (Lipinski definition) is 6. The SMILES string of the molecule is COc1ccc(C=c2sc3n(c2=O)C(c2cccs2)C(C(=O)Nc2ccccc2C)=C(C)N=3)cc1. The minimum Gasteiger partial charge on any atom is -0.497 e. The number of amides is 1. The molecule has 1 N–H and O–H groups in total. The normalized spacial score (nSPS) is 15.5. The number of thiophene rings is 1. The van der Waals surface area contributed by atoms with Crippen molar-refractivity contribution >= 4 is 40.3 Å². The molecule has 0 aliphatic carbocycles. The molecular formula is C27H23N3O3S2. The van der Waals surface area contributed by atoms with Gasteiger partial charge in [-0.15, -0.1) is 11.3 Å². The molecule has 1 aliphatic rings. The largest absolute Gasteiger partial charge is 0.497 e. The maximum atomic E-state index is 13.6. The number of fused-ring (bicyclic) bond motifs is 1. The second-order valence-electron chi connectivity index (χ2n) is 8.14. The number of aryl methyl sites for hydroxylation is 1. The van der Waals surface area contributed by atoms with Gasteiger partial charge < -0.3 is 10.1 Å². The first-order valence-corrected chi connectivity index (χ1v) is 12.7. The highest BCUT2D eigenvalue weighted by Gasteiger charge is 2.33. The Morgan fingerprint density at radius 3 is 2.54 bits per heavy atom. The van der Waals surface area contributed by atoms with Crippen molar-refractivity contribution in [1.29, 1.82) is 0 Å². The van der Waals surface area contributed by atoms with Crippen LogP contribution in [-0.4, -0.2) is 17.6 Å². The van der Waals surface area contributed by atoms with Gasteiger partial charge >= 0.3 is 0 Å². The number of rotatable bonds is 5. The third kappa shape index (κ3) is 4.38. The van der Waals surface area contributed by atoms with Crippen LogP contribution >= 0.6 is 22.7 Å². The van der Waals surface area contributed by atoms with E-state index in [1.165, 1.54) is 22.7 Å². The highest BCUT2D eigenvalue weighted by atomic mass is 32.1. The summed E-state index contributed by atoms with van der Waals surface area (Å²) in [4.78, 5) is 33.4. The van der Waals surface area contributed by atoms with E-state index < -0.39 is 6.04 Å². The number of methoxy groups -OCH3 is 1. The molecule has 1 unspecified atom stereocenters. The van der Waals surface area contributed by atoms with E-state index in [1.807, 2.05) is 86.0 Å². The molecule has 6 nitrogen and oxygen atoms in total. The zero-order valence-electron chi connectivity index (χ0n) is 19.4. The molecule has 1 atom stereocenters. The fourth-order valence-electron chi connectivity index (χ4n) is 4.08. The van der Waals surface area contributed by atoms with Crippen molar-refractivity contribution in [3.05, 3.63) is 113 Å². The molecule has 5 rings (SSSR count). The lowest BCUT2D eigenvalue weighted by atomic mass is 10.0. The van der Waals surface area contributed by atoms with Crippen LogP contribution in [0.15, 0.2) is 87.1 Å². The Hall–Kier alpha value is -3.75. The predicted octanol–water partition coefficient (Wildman–Crippen LogP) is 4.25. The third-order valence-electron chi connectivity index (χ3n) is 5.89. The van der Waals surface area contributed by atoms with Crippen LogP contribution < -0.4 is 24.9 Å². The molecule has 176 valence electrons. The van der Waals surface area contributed by atoms with Crippen LogP contribution in [0.25, 0.3) is 6.08 Å². The number of para-hydroxylation sites is 1. The number of thiazole rings is 1. The zero-order valence-corrected chi connectivity index (χ0v) is 21.1. The van der Waals surface area contributed by atoms with Crippen LogP contribution in [0.4, 0.5) is 5.69 Å². The summed E-state index contributed by atoms with van der Waals surface area (Å²) in [6, 6.07) is 18.5. The molecule has 0 saturated heterocycles. The molecular weight excluding hydrogens is 478 g/mol. The number of ether oxygens (including phenoxy) is 1. The number of benzene rings is 2. The van der Waals surface area contributed by atoms with Gasteiger partial charge in [0.05, 0.1) is 22.9 Å². The van der Waals surface area contributed by atoms with Gasteiger partial charge in [0.15, 0.2) is 4.80 Å². The van der Waals surface area contributed by atoms with E-state index in [0.29, 0.717) is 20.6 Å². The molecule has 0 spiro atoms. The molecule has 8 heteroatoms. The molecule has 2 aromatic heterocycles. The number of nitrogens with one attached hydrogen (secondary N) is 1. The monoisotopic (exact) mass is 501 g/mol. The Bertz CT molecular complexity index is 1610.